The number of nitrogens with zero attached hydrogens (tertiary/aromatic N) is 2. The second-order valence-corrected chi connectivity index (χ2v) is 7.41. The Morgan fingerprint density at radius 2 is 2.14 bits per heavy atom. The first-order valence-electron chi connectivity index (χ1n) is 9.10. The molecule has 1 aromatic carbocycles. The van der Waals surface area contributed by atoms with E-state index < -0.39 is 5.97 Å². The van der Waals surface area contributed by atoms with Gasteiger partial charge in [0.15, 0.2) is 5.11 Å². The zero-order valence-electron chi connectivity index (χ0n) is 15.5. The zero-order chi connectivity index (χ0) is 20.5. The minimum atomic E-state index is -1.02. The Morgan fingerprint density at radius 1 is 1.31 bits per heavy atom. The summed E-state index contributed by atoms with van der Waals surface area (Å²) in [4.78, 5) is 17.8. The molecule has 6 nitrogen and oxygen atoms in total. The molecule has 148 valence electrons. The SMILES string of the molecule is CCN1C(=S)N[C@@H](c2ccccn2)[C@@H]1c1ccc(-c2cc(C(=O)O)ccc2Cl)o1. The first kappa shape index (κ1) is 19.4. The molecule has 0 bridgehead atoms. The smallest absolute Gasteiger partial charge is 0.335 e. The minimum absolute atomic E-state index is 0.146. The van der Waals surface area contributed by atoms with Crippen molar-refractivity contribution in [2.75, 3.05) is 6.54 Å². The standard InChI is InChI=1S/C21H18ClN3O3S/c1-2-25-19(18(24-21(25)29)15-5-3-4-10-23-15)17-9-8-16(28-17)13-11-12(20(26)27)6-7-14(13)22/h3-11,18-19H,2H2,1H3,(H,24,29)(H,26,27)/t18-,19-/m0/s1. The molecule has 29 heavy (non-hydrogen) atoms. The Morgan fingerprint density at radius 3 is 2.83 bits per heavy atom. The van der Waals surface area contributed by atoms with Crippen molar-refractivity contribution in [2.24, 2.45) is 0 Å². The molecular weight excluding hydrogens is 410 g/mol. The Balaban J connectivity index is 1.75. The van der Waals surface area contributed by atoms with Crippen molar-refractivity contribution in [3.05, 3.63) is 76.8 Å². The van der Waals surface area contributed by atoms with Gasteiger partial charge in [-0.3, -0.25) is 4.98 Å². The summed E-state index contributed by atoms with van der Waals surface area (Å²) in [6, 6.07) is 13.6. The van der Waals surface area contributed by atoms with E-state index in [0.717, 1.165) is 5.69 Å². The molecule has 1 fully saturated rings. The number of pyridine rings is 1. The molecule has 0 amide bonds. The third-order valence-corrected chi connectivity index (χ3v) is 5.62. The molecule has 0 spiro atoms. The van der Waals surface area contributed by atoms with Gasteiger partial charge in [0.05, 0.1) is 22.3 Å². The van der Waals surface area contributed by atoms with Crippen LogP contribution in [0.1, 0.15) is 40.8 Å². The number of rotatable bonds is 5. The number of halogens is 1. The van der Waals surface area contributed by atoms with Gasteiger partial charge in [0.25, 0.3) is 0 Å². The number of thiocarbonyl (C=S) groups is 1. The molecule has 1 saturated heterocycles. The van der Waals surface area contributed by atoms with Crippen molar-refractivity contribution in [3.8, 4) is 11.3 Å². The second-order valence-electron chi connectivity index (χ2n) is 6.61. The van der Waals surface area contributed by atoms with Crippen LogP contribution in [0.4, 0.5) is 0 Å². The molecule has 0 unspecified atom stereocenters. The summed E-state index contributed by atoms with van der Waals surface area (Å²) in [5, 5.41) is 13.7. The quantitative estimate of drug-likeness (QED) is 0.572. The summed E-state index contributed by atoms with van der Waals surface area (Å²) in [5.41, 5.74) is 1.54. The lowest BCUT2D eigenvalue weighted by Crippen LogP contribution is -2.29. The number of aromatic carboxylic acids is 1. The van der Waals surface area contributed by atoms with E-state index in [1.165, 1.54) is 12.1 Å². The predicted octanol–water partition coefficient (Wildman–Crippen LogP) is 4.69. The van der Waals surface area contributed by atoms with Gasteiger partial charge >= 0.3 is 5.97 Å². The lowest BCUT2D eigenvalue weighted by Gasteiger charge is -2.24. The van der Waals surface area contributed by atoms with E-state index in [4.69, 9.17) is 28.2 Å². The van der Waals surface area contributed by atoms with Gasteiger partial charge in [-0.15, -0.1) is 0 Å². The van der Waals surface area contributed by atoms with Crippen LogP contribution in [0.2, 0.25) is 5.02 Å². The lowest BCUT2D eigenvalue weighted by atomic mass is 10.0. The van der Waals surface area contributed by atoms with Crippen LogP contribution in [0.25, 0.3) is 11.3 Å². The van der Waals surface area contributed by atoms with Gasteiger partial charge in [0.1, 0.15) is 17.6 Å². The average Bonchev–Trinajstić information content (AvgIpc) is 3.32. The number of carboxylic acid groups (broad SMARTS) is 1. The minimum Gasteiger partial charge on any atom is -0.478 e. The fraction of sp³-hybridized carbons (Fsp3) is 0.190. The number of furan rings is 1. The number of carboxylic acids is 1. The molecule has 2 N–H and O–H groups in total. The van der Waals surface area contributed by atoms with Gasteiger partial charge in [-0.1, -0.05) is 17.7 Å². The maximum Gasteiger partial charge on any atom is 0.335 e. The molecule has 0 radical (unpaired) electrons. The van der Waals surface area contributed by atoms with Gasteiger partial charge in [0, 0.05) is 18.3 Å². The summed E-state index contributed by atoms with van der Waals surface area (Å²) in [7, 11) is 0. The van der Waals surface area contributed by atoms with Gasteiger partial charge in [-0.2, -0.15) is 0 Å². The predicted molar refractivity (Wildman–Crippen MR) is 114 cm³/mol. The summed E-state index contributed by atoms with van der Waals surface area (Å²) in [5.74, 6) is 0.177. The van der Waals surface area contributed by atoms with Gasteiger partial charge < -0.3 is 19.7 Å². The van der Waals surface area contributed by atoms with E-state index in [1.807, 2.05) is 36.1 Å². The largest absolute Gasteiger partial charge is 0.478 e. The monoisotopic (exact) mass is 427 g/mol. The summed E-state index contributed by atoms with van der Waals surface area (Å²) < 4.78 is 6.15. The molecule has 2 aromatic heterocycles. The fourth-order valence-corrected chi connectivity index (χ4v) is 4.14. The van der Waals surface area contributed by atoms with Gasteiger partial charge in [-0.25, -0.2) is 4.79 Å². The van der Waals surface area contributed by atoms with Crippen LogP contribution in [0.3, 0.4) is 0 Å². The number of likely N-dealkylation sites (N-methyl/N-ethyl adjacent to an activating group) is 1. The summed E-state index contributed by atoms with van der Waals surface area (Å²) >= 11 is 11.8. The molecule has 4 rings (SSSR count). The summed E-state index contributed by atoms with van der Waals surface area (Å²) in [6.45, 7) is 2.73. The van der Waals surface area contributed by atoms with Crippen LogP contribution >= 0.6 is 23.8 Å². The number of hydrogen-bond donors (Lipinski definition) is 2. The zero-order valence-corrected chi connectivity index (χ0v) is 17.1. The van der Waals surface area contributed by atoms with Crippen LogP contribution in [0.15, 0.2) is 59.1 Å². The lowest BCUT2D eigenvalue weighted by molar-refractivity contribution is 0.0697. The number of benzene rings is 1. The van der Waals surface area contributed by atoms with E-state index in [9.17, 15) is 9.90 Å². The van der Waals surface area contributed by atoms with Crippen molar-refractivity contribution in [2.45, 2.75) is 19.0 Å². The Hall–Kier alpha value is -2.90. The van der Waals surface area contributed by atoms with E-state index >= 15 is 0 Å². The van der Waals surface area contributed by atoms with Crippen molar-refractivity contribution in [1.29, 1.82) is 0 Å². The normalized spacial score (nSPS) is 18.7. The molecule has 2 atom stereocenters. The van der Waals surface area contributed by atoms with Crippen LogP contribution in [0.5, 0.6) is 0 Å². The Labute approximate surface area is 178 Å². The Bertz CT molecular complexity index is 1070. The van der Waals surface area contributed by atoms with E-state index in [1.54, 1.807) is 18.3 Å². The van der Waals surface area contributed by atoms with Gasteiger partial charge in [-0.05, 0) is 61.6 Å². The number of carbonyl (C=O) groups is 1. The third-order valence-electron chi connectivity index (χ3n) is 4.94. The first-order valence-corrected chi connectivity index (χ1v) is 9.89. The van der Waals surface area contributed by atoms with Crippen LogP contribution in [0, 0.1) is 0 Å². The van der Waals surface area contributed by atoms with E-state index in [0.29, 0.717) is 33.8 Å². The molecule has 0 saturated carbocycles. The van der Waals surface area contributed by atoms with Gasteiger partial charge in [0.2, 0.25) is 0 Å². The maximum absolute atomic E-state index is 11.3. The maximum atomic E-state index is 11.3. The highest BCUT2D eigenvalue weighted by atomic mass is 35.5. The van der Waals surface area contributed by atoms with Crippen molar-refractivity contribution >= 4 is 34.9 Å². The third kappa shape index (κ3) is 3.59. The molecule has 0 aliphatic carbocycles. The number of hydrogen-bond acceptors (Lipinski definition) is 4. The van der Waals surface area contributed by atoms with Crippen molar-refractivity contribution in [3.63, 3.8) is 0 Å². The number of nitrogens with one attached hydrogen (secondary N) is 1. The van der Waals surface area contributed by atoms with Crippen LogP contribution < -0.4 is 5.32 Å². The number of aromatic nitrogens is 1. The van der Waals surface area contributed by atoms with Crippen molar-refractivity contribution < 1.29 is 14.3 Å². The van der Waals surface area contributed by atoms with E-state index in [2.05, 4.69) is 10.3 Å². The average molecular weight is 428 g/mol. The van der Waals surface area contributed by atoms with Crippen LogP contribution in [-0.4, -0.2) is 32.6 Å². The Kier molecular flexibility index (Phi) is 5.25. The second kappa shape index (κ2) is 7.85. The molecule has 1 aliphatic heterocycles. The highest BCUT2D eigenvalue weighted by Crippen LogP contribution is 2.41. The molecule has 3 heterocycles. The fourth-order valence-electron chi connectivity index (χ4n) is 3.56. The first-order chi connectivity index (χ1) is 14.0. The summed E-state index contributed by atoms with van der Waals surface area (Å²) in [6.07, 6.45) is 1.75. The molecular formula is C21H18ClN3O3S. The van der Waals surface area contributed by atoms with Crippen LogP contribution in [-0.2, 0) is 0 Å². The van der Waals surface area contributed by atoms with E-state index in [-0.39, 0.29) is 17.6 Å². The topological polar surface area (TPSA) is 78.6 Å². The highest BCUT2D eigenvalue weighted by molar-refractivity contribution is 7.80. The molecule has 3 aromatic rings. The highest BCUT2D eigenvalue weighted by Gasteiger charge is 2.40. The molecule has 8 heteroatoms. The van der Waals surface area contributed by atoms with Crippen molar-refractivity contribution in [1.82, 2.24) is 15.2 Å². The molecule has 1 aliphatic rings.